The van der Waals surface area contributed by atoms with Crippen molar-refractivity contribution in [2.24, 2.45) is 0 Å². The minimum Gasteiger partial charge on any atom is -0.361 e. The van der Waals surface area contributed by atoms with Crippen LogP contribution in [0.3, 0.4) is 0 Å². The van der Waals surface area contributed by atoms with E-state index in [2.05, 4.69) is 22.3 Å². The zero-order chi connectivity index (χ0) is 14.4. The topological polar surface area (TPSA) is 42.1 Å². The molecule has 1 N–H and O–H groups in total. The molecule has 108 valence electrons. The highest BCUT2D eigenvalue weighted by Crippen LogP contribution is 2.32. The Kier molecular flexibility index (Phi) is 5.48. The number of H-pyrrole nitrogens is 1. The number of benzene rings is 1. The summed E-state index contributed by atoms with van der Waals surface area (Å²) < 4.78 is 4.32. The Morgan fingerprint density at radius 2 is 2.15 bits per heavy atom. The average Bonchev–Trinajstić information content (AvgIpc) is 2.90. The molecular formula is C16H20ClNO2. The van der Waals surface area contributed by atoms with Crippen molar-refractivity contribution >= 4 is 28.7 Å². The standard InChI is InChI=1S/C16H20ClNO2/c1-2-3-4-7-12(10-16(19)20-17)14-11-18-15-9-6-5-8-13(14)15/h5-6,8-9,11-12,18H,2-4,7,10H2,1H3. The molecule has 0 amide bonds. The molecule has 3 nitrogen and oxygen atoms in total. The summed E-state index contributed by atoms with van der Waals surface area (Å²) in [5.74, 6) is -0.206. The lowest BCUT2D eigenvalue weighted by Crippen LogP contribution is -2.07. The fraction of sp³-hybridized carbons (Fsp3) is 0.438. The van der Waals surface area contributed by atoms with E-state index < -0.39 is 0 Å². The molecule has 1 unspecified atom stereocenters. The number of fused-ring (bicyclic) bond motifs is 1. The number of hydrogen-bond donors (Lipinski definition) is 1. The van der Waals surface area contributed by atoms with E-state index in [1.807, 2.05) is 24.4 Å². The van der Waals surface area contributed by atoms with Crippen LogP contribution in [-0.2, 0) is 9.08 Å². The van der Waals surface area contributed by atoms with E-state index in [1.165, 1.54) is 23.8 Å². The number of rotatable bonds is 7. The number of halogens is 1. The van der Waals surface area contributed by atoms with Crippen LogP contribution in [0, 0.1) is 0 Å². The second kappa shape index (κ2) is 7.34. The Bertz CT molecular complexity index is 564. The summed E-state index contributed by atoms with van der Waals surface area (Å²) in [7, 11) is 0. The van der Waals surface area contributed by atoms with Gasteiger partial charge in [0.2, 0.25) is 0 Å². The number of aromatic nitrogens is 1. The van der Waals surface area contributed by atoms with Gasteiger partial charge in [-0.2, -0.15) is 0 Å². The second-order valence-electron chi connectivity index (χ2n) is 5.14. The number of unbranched alkanes of at least 4 members (excludes halogenated alkanes) is 2. The molecule has 1 aromatic heterocycles. The molecule has 0 aliphatic carbocycles. The quantitative estimate of drug-likeness (QED) is 0.736. The molecule has 0 aliphatic heterocycles. The minimum absolute atomic E-state index is 0.156. The van der Waals surface area contributed by atoms with Gasteiger partial charge in [-0.3, -0.25) is 4.79 Å². The van der Waals surface area contributed by atoms with Crippen molar-refractivity contribution in [2.45, 2.75) is 44.9 Å². The second-order valence-corrected chi connectivity index (χ2v) is 5.29. The predicted octanol–water partition coefficient (Wildman–Crippen LogP) is 4.92. The molecule has 0 saturated heterocycles. The number of carbonyl (C=O) groups excluding carboxylic acids is 1. The van der Waals surface area contributed by atoms with Crippen LogP contribution in [0.15, 0.2) is 30.5 Å². The summed E-state index contributed by atoms with van der Waals surface area (Å²) >= 11 is 5.18. The van der Waals surface area contributed by atoms with Gasteiger partial charge in [0.15, 0.2) is 0 Å². The Morgan fingerprint density at radius 3 is 2.90 bits per heavy atom. The Hall–Kier alpha value is -1.48. The molecule has 0 spiro atoms. The van der Waals surface area contributed by atoms with Crippen molar-refractivity contribution in [3.8, 4) is 0 Å². The molecule has 0 saturated carbocycles. The van der Waals surface area contributed by atoms with E-state index in [4.69, 9.17) is 11.9 Å². The number of para-hydroxylation sites is 1. The maximum Gasteiger partial charge on any atom is 0.325 e. The molecule has 1 atom stereocenters. The number of carbonyl (C=O) groups is 1. The van der Waals surface area contributed by atoms with Crippen molar-refractivity contribution in [3.05, 3.63) is 36.0 Å². The van der Waals surface area contributed by atoms with E-state index in [1.54, 1.807) is 0 Å². The van der Waals surface area contributed by atoms with Crippen LogP contribution in [0.4, 0.5) is 0 Å². The van der Waals surface area contributed by atoms with Crippen LogP contribution in [0.25, 0.3) is 10.9 Å². The van der Waals surface area contributed by atoms with Crippen LogP contribution < -0.4 is 0 Å². The van der Waals surface area contributed by atoms with Crippen molar-refractivity contribution in [1.29, 1.82) is 0 Å². The fourth-order valence-electron chi connectivity index (χ4n) is 2.67. The highest BCUT2D eigenvalue weighted by atomic mass is 35.5. The molecule has 0 radical (unpaired) electrons. The Morgan fingerprint density at radius 1 is 1.35 bits per heavy atom. The highest BCUT2D eigenvalue weighted by Gasteiger charge is 2.19. The third-order valence-corrected chi connectivity index (χ3v) is 3.89. The molecule has 2 aromatic rings. The third kappa shape index (κ3) is 3.54. The van der Waals surface area contributed by atoms with Gasteiger partial charge < -0.3 is 9.27 Å². The number of aromatic amines is 1. The lowest BCUT2D eigenvalue weighted by molar-refractivity contribution is -0.134. The first-order chi connectivity index (χ1) is 9.76. The zero-order valence-electron chi connectivity index (χ0n) is 11.7. The summed E-state index contributed by atoms with van der Waals surface area (Å²) in [6.07, 6.45) is 6.76. The molecule has 0 bridgehead atoms. The monoisotopic (exact) mass is 293 g/mol. The first kappa shape index (κ1) is 14.9. The fourth-order valence-corrected chi connectivity index (χ4v) is 2.74. The SMILES string of the molecule is CCCCCC(CC(=O)OCl)c1c[nH]c2ccccc12. The predicted molar refractivity (Wildman–Crippen MR) is 81.7 cm³/mol. The van der Waals surface area contributed by atoms with E-state index >= 15 is 0 Å². The average molecular weight is 294 g/mol. The lowest BCUT2D eigenvalue weighted by atomic mass is 9.90. The molecule has 20 heavy (non-hydrogen) atoms. The van der Waals surface area contributed by atoms with E-state index in [0.29, 0.717) is 6.42 Å². The molecular weight excluding hydrogens is 274 g/mol. The van der Waals surface area contributed by atoms with Gasteiger partial charge in [-0.1, -0.05) is 44.4 Å². The smallest absolute Gasteiger partial charge is 0.325 e. The van der Waals surface area contributed by atoms with E-state index in [0.717, 1.165) is 18.4 Å². The highest BCUT2D eigenvalue weighted by molar-refractivity contribution is 6.13. The maximum absolute atomic E-state index is 11.5. The van der Waals surface area contributed by atoms with Gasteiger partial charge in [0.25, 0.3) is 0 Å². The normalized spacial score (nSPS) is 12.5. The van der Waals surface area contributed by atoms with Gasteiger partial charge in [0, 0.05) is 17.1 Å². The molecule has 0 fully saturated rings. The van der Waals surface area contributed by atoms with Gasteiger partial charge in [0.05, 0.1) is 6.42 Å². The molecule has 1 aromatic carbocycles. The van der Waals surface area contributed by atoms with Crippen LogP contribution >= 0.6 is 11.9 Å². The summed E-state index contributed by atoms with van der Waals surface area (Å²) in [6.45, 7) is 2.17. The van der Waals surface area contributed by atoms with Crippen LogP contribution in [-0.4, -0.2) is 11.0 Å². The van der Waals surface area contributed by atoms with Crippen molar-refractivity contribution in [3.63, 3.8) is 0 Å². The van der Waals surface area contributed by atoms with Crippen molar-refractivity contribution in [1.82, 2.24) is 4.98 Å². The molecule has 2 rings (SSSR count). The molecule has 0 aliphatic rings. The van der Waals surface area contributed by atoms with Crippen LogP contribution in [0.5, 0.6) is 0 Å². The van der Waals surface area contributed by atoms with Crippen molar-refractivity contribution in [2.75, 3.05) is 0 Å². The van der Waals surface area contributed by atoms with Gasteiger partial charge in [0.1, 0.15) is 11.9 Å². The van der Waals surface area contributed by atoms with Crippen molar-refractivity contribution < 1.29 is 9.08 Å². The first-order valence-corrected chi connectivity index (χ1v) is 7.44. The van der Waals surface area contributed by atoms with E-state index in [9.17, 15) is 4.79 Å². The maximum atomic E-state index is 11.5. The van der Waals surface area contributed by atoms with Gasteiger partial charge in [-0.05, 0) is 24.0 Å². The molecule has 4 heteroatoms. The first-order valence-electron chi connectivity index (χ1n) is 7.13. The number of hydrogen-bond acceptors (Lipinski definition) is 2. The Labute approximate surface area is 124 Å². The third-order valence-electron chi connectivity index (χ3n) is 3.72. The summed E-state index contributed by atoms with van der Waals surface area (Å²) in [6, 6.07) is 8.15. The lowest BCUT2D eigenvalue weighted by Gasteiger charge is -2.14. The van der Waals surface area contributed by atoms with Gasteiger partial charge >= 0.3 is 5.97 Å². The van der Waals surface area contributed by atoms with Crippen LogP contribution in [0.1, 0.15) is 50.5 Å². The Balaban J connectivity index is 2.22. The van der Waals surface area contributed by atoms with Gasteiger partial charge in [-0.15, -0.1) is 0 Å². The van der Waals surface area contributed by atoms with Crippen LogP contribution in [0.2, 0.25) is 0 Å². The summed E-state index contributed by atoms with van der Waals surface area (Å²) in [4.78, 5) is 14.8. The summed E-state index contributed by atoms with van der Waals surface area (Å²) in [5.41, 5.74) is 2.28. The largest absolute Gasteiger partial charge is 0.361 e. The van der Waals surface area contributed by atoms with Gasteiger partial charge in [-0.25, -0.2) is 0 Å². The molecule has 1 heterocycles. The minimum atomic E-state index is -0.363. The number of nitrogens with one attached hydrogen (secondary N) is 1. The zero-order valence-corrected chi connectivity index (χ0v) is 12.5. The summed E-state index contributed by atoms with van der Waals surface area (Å²) in [5, 5.41) is 1.18. The van der Waals surface area contributed by atoms with E-state index in [-0.39, 0.29) is 11.9 Å².